The van der Waals surface area contributed by atoms with Crippen LogP contribution in [0.4, 0.5) is 5.69 Å². The molecule has 0 heterocycles. The maximum absolute atomic E-state index is 12.8. The Labute approximate surface area is 160 Å². The van der Waals surface area contributed by atoms with Gasteiger partial charge >= 0.3 is 0 Å². The second-order valence-corrected chi connectivity index (χ2v) is 8.61. The molecule has 1 N–H and O–H groups in total. The Hall–Kier alpha value is -2.05. The van der Waals surface area contributed by atoms with E-state index in [0.717, 1.165) is 16.3 Å². The molecule has 0 aromatic heterocycles. The predicted octanol–water partition coefficient (Wildman–Crippen LogP) is 4.00. The van der Waals surface area contributed by atoms with E-state index in [1.165, 1.54) is 19.2 Å². The van der Waals surface area contributed by atoms with Crippen molar-refractivity contribution in [1.82, 2.24) is 5.32 Å². The van der Waals surface area contributed by atoms with E-state index < -0.39 is 10.0 Å². The molecule has 26 heavy (non-hydrogen) atoms. The van der Waals surface area contributed by atoms with E-state index in [4.69, 9.17) is 11.6 Å². The first kappa shape index (κ1) is 20.3. The third kappa shape index (κ3) is 4.37. The first-order chi connectivity index (χ1) is 12.2. The van der Waals surface area contributed by atoms with Crippen LogP contribution < -0.4 is 9.62 Å². The lowest BCUT2D eigenvalue weighted by molar-refractivity contribution is 0.0939. The Balaban J connectivity index is 2.30. The number of nitrogens with one attached hydrogen (secondary N) is 1. The zero-order valence-electron chi connectivity index (χ0n) is 15.3. The molecule has 0 aliphatic carbocycles. The van der Waals surface area contributed by atoms with Gasteiger partial charge in [0.25, 0.3) is 15.9 Å². The summed E-state index contributed by atoms with van der Waals surface area (Å²) >= 11 is 6.23. The molecule has 0 unspecified atom stereocenters. The van der Waals surface area contributed by atoms with Gasteiger partial charge in [-0.1, -0.05) is 36.2 Å². The Kier molecular flexibility index (Phi) is 6.31. The van der Waals surface area contributed by atoms with Gasteiger partial charge < -0.3 is 5.32 Å². The van der Waals surface area contributed by atoms with Crippen LogP contribution in [0.25, 0.3) is 0 Å². The van der Waals surface area contributed by atoms with Crippen LogP contribution in [-0.2, 0) is 10.0 Å². The highest BCUT2D eigenvalue weighted by molar-refractivity contribution is 7.92. The Bertz CT molecular complexity index is 896. The lowest BCUT2D eigenvalue weighted by atomic mass is 10.1. The van der Waals surface area contributed by atoms with Crippen LogP contribution in [0.15, 0.2) is 47.4 Å². The molecule has 0 radical (unpaired) electrons. The number of carbonyl (C=O) groups excluding carboxylic acids is 1. The summed E-state index contributed by atoms with van der Waals surface area (Å²) in [6, 6.07) is 11.3. The second kappa shape index (κ2) is 8.10. The summed E-state index contributed by atoms with van der Waals surface area (Å²) < 4.78 is 26.7. The van der Waals surface area contributed by atoms with E-state index in [9.17, 15) is 13.2 Å². The molecule has 140 valence electrons. The van der Waals surface area contributed by atoms with E-state index in [2.05, 4.69) is 5.32 Å². The smallest absolute Gasteiger partial charge is 0.264 e. The zero-order chi connectivity index (χ0) is 19.5. The van der Waals surface area contributed by atoms with Gasteiger partial charge in [-0.3, -0.25) is 9.10 Å². The molecule has 0 saturated heterocycles. The Morgan fingerprint density at radius 2 is 1.81 bits per heavy atom. The monoisotopic (exact) mass is 394 g/mol. The van der Waals surface area contributed by atoms with Crippen LogP contribution >= 0.6 is 11.6 Å². The van der Waals surface area contributed by atoms with Crippen molar-refractivity contribution < 1.29 is 13.2 Å². The second-order valence-electron chi connectivity index (χ2n) is 6.23. The average molecular weight is 395 g/mol. The van der Waals surface area contributed by atoms with E-state index >= 15 is 0 Å². The maximum atomic E-state index is 12.8. The van der Waals surface area contributed by atoms with Crippen molar-refractivity contribution >= 4 is 33.2 Å². The summed E-state index contributed by atoms with van der Waals surface area (Å²) in [7, 11) is -2.25. The minimum absolute atomic E-state index is 0.0304. The topological polar surface area (TPSA) is 66.5 Å². The lowest BCUT2D eigenvalue weighted by Gasteiger charge is -2.20. The molecule has 7 heteroatoms. The third-order valence-electron chi connectivity index (χ3n) is 4.23. The summed E-state index contributed by atoms with van der Waals surface area (Å²) in [6.45, 7) is 5.77. The molecule has 0 saturated carbocycles. The molecule has 2 aromatic rings. The van der Waals surface area contributed by atoms with Crippen LogP contribution in [0.1, 0.15) is 36.2 Å². The number of sulfonamides is 1. The van der Waals surface area contributed by atoms with Crippen LogP contribution in [0.5, 0.6) is 0 Å². The molecular formula is C19H23ClN2O3S. The molecule has 0 aliphatic heterocycles. The van der Waals surface area contributed by atoms with Crippen molar-refractivity contribution in [2.45, 2.75) is 38.1 Å². The molecule has 5 nitrogen and oxygen atoms in total. The molecule has 2 rings (SSSR count). The SMILES string of the molecule is CC[C@H](C)NC(=O)c1ccc(N(C)S(=O)(=O)c2ccc(C)cc2)cc1Cl. The minimum Gasteiger partial charge on any atom is -0.350 e. The first-order valence-corrected chi connectivity index (χ1v) is 10.1. The van der Waals surface area contributed by atoms with Crippen LogP contribution in [0.3, 0.4) is 0 Å². The van der Waals surface area contributed by atoms with Crippen molar-refractivity contribution in [2.24, 2.45) is 0 Å². The highest BCUT2D eigenvalue weighted by atomic mass is 35.5. The fraction of sp³-hybridized carbons (Fsp3) is 0.316. The van der Waals surface area contributed by atoms with Gasteiger partial charge in [-0.2, -0.15) is 0 Å². The number of carbonyl (C=O) groups is 1. The van der Waals surface area contributed by atoms with Crippen LogP contribution in [0.2, 0.25) is 5.02 Å². The van der Waals surface area contributed by atoms with E-state index in [1.807, 2.05) is 20.8 Å². The van der Waals surface area contributed by atoms with Gasteiger partial charge in [-0.05, 0) is 50.6 Å². The van der Waals surface area contributed by atoms with E-state index in [1.54, 1.807) is 30.3 Å². The standard InChI is InChI=1S/C19H23ClN2O3S/c1-5-14(3)21-19(23)17-11-8-15(12-18(17)20)22(4)26(24,25)16-9-6-13(2)7-10-16/h6-12,14H,5H2,1-4H3,(H,21,23)/t14-/m0/s1. The molecule has 0 bridgehead atoms. The minimum atomic E-state index is -3.71. The van der Waals surface area contributed by atoms with Crippen molar-refractivity contribution in [3.05, 3.63) is 58.6 Å². The van der Waals surface area contributed by atoms with Crippen molar-refractivity contribution in [1.29, 1.82) is 0 Å². The van der Waals surface area contributed by atoms with Crippen molar-refractivity contribution in [3.63, 3.8) is 0 Å². The molecule has 2 aromatic carbocycles. The number of halogens is 1. The molecule has 0 aliphatic rings. The first-order valence-electron chi connectivity index (χ1n) is 8.32. The average Bonchev–Trinajstić information content (AvgIpc) is 2.60. The Morgan fingerprint density at radius 1 is 1.19 bits per heavy atom. The maximum Gasteiger partial charge on any atom is 0.264 e. The van der Waals surface area contributed by atoms with Gasteiger partial charge in [0.05, 0.1) is 21.2 Å². The molecule has 0 fully saturated rings. The zero-order valence-corrected chi connectivity index (χ0v) is 16.9. The van der Waals surface area contributed by atoms with Gasteiger partial charge in [-0.15, -0.1) is 0 Å². The summed E-state index contributed by atoms with van der Waals surface area (Å²) in [4.78, 5) is 12.4. The third-order valence-corrected chi connectivity index (χ3v) is 6.34. The number of hydrogen-bond donors (Lipinski definition) is 1. The van der Waals surface area contributed by atoms with Gasteiger partial charge in [0.15, 0.2) is 0 Å². The van der Waals surface area contributed by atoms with Crippen LogP contribution in [-0.4, -0.2) is 27.4 Å². The fourth-order valence-corrected chi connectivity index (χ4v) is 3.74. The van der Waals surface area contributed by atoms with Crippen molar-refractivity contribution in [3.8, 4) is 0 Å². The fourth-order valence-electron chi connectivity index (χ4n) is 2.29. The number of rotatable bonds is 6. The van der Waals surface area contributed by atoms with Gasteiger partial charge in [0.1, 0.15) is 0 Å². The highest BCUT2D eigenvalue weighted by Gasteiger charge is 2.22. The van der Waals surface area contributed by atoms with Gasteiger partial charge in [0, 0.05) is 13.1 Å². The molecular weight excluding hydrogens is 372 g/mol. The number of aryl methyl sites for hydroxylation is 1. The van der Waals surface area contributed by atoms with Crippen LogP contribution in [0, 0.1) is 6.92 Å². The van der Waals surface area contributed by atoms with Gasteiger partial charge in [-0.25, -0.2) is 8.42 Å². The number of hydrogen-bond acceptors (Lipinski definition) is 3. The summed E-state index contributed by atoms with van der Waals surface area (Å²) in [5, 5.41) is 3.04. The largest absolute Gasteiger partial charge is 0.350 e. The van der Waals surface area contributed by atoms with E-state index in [0.29, 0.717) is 11.3 Å². The van der Waals surface area contributed by atoms with Gasteiger partial charge in [0.2, 0.25) is 0 Å². The predicted molar refractivity (Wildman–Crippen MR) is 105 cm³/mol. The Morgan fingerprint density at radius 3 is 2.35 bits per heavy atom. The molecule has 1 amide bonds. The van der Waals surface area contributed by atoms with Crippen molar-refractivity contribution in [2.75, 3.05) is 11.4 Å². The summed E-state index contributed by atoms with van der Waals surface area (Å²) in [6.07, 6.45) is 0.805. The molecule has 1 atom stereocenters. The quantitative estimate of drug-likeness (QED) is 0.805. The summed E-state index contributed by atoms with van der Waals surface area (Å²) in [5.74, 6) is -0.278. The van der Waals surface area contributed by atoms with E-state index in [-0.39, 0.29) is 21.9 Å². The number of anilines is 1. The number of amides is 1. The summed E-state index contributed by atoms with van der Waals surface area (Å²) in [5.41, 5.74) is 1.68. The molecule has 0 spiro atoms. The number of nitrogens with zero attached hydrogens (tertiary/aromatic N) is 1. The normalized spacial score (nSPS) is 12.5. The lowest BCUT2D eigenvalue weighted by Crippen LogP contribution is -2.32. The highest BCUT2D eigenvalue weighted by Crippen LogP contribution is 2.27. The number of benzene rings is 2.